The molecule has 142 valence electrons. The minimum Gasteiger partial charge on any atom is -0.343 e. The lowest BCUT2D eigenvalue weighted by Gasteiger charge is -2.09. The number of benzene rings is 2. The topological polar surface area (TPSA) is 101 Å². The number of nitrogens with zero attached hydrogens (tertiary/aromatic N) is 1. The van der Waals surface area contributed by atoms with Crippen LogP contribution in [0.1, 0.15) is 20.7 Å². The molecule has 11 heteroatoms. The van der Waals surface area contributed by atoms with Crippen LogP contribution in [0.5, 0.6) is 0 Å². The van der Waals surface area contributed by atoms with Crippen LogP contribution in [-0.4, -0.2) is 29.5 Å². The molecule has 2 amide bonds. The van der Waals surface area contributed by atoms with Crippen LogP contribution in [0, 0.1) is 10.1 Å². The minimum absolute atomic E-state index is 0.0500. The van der Waals surface area contributed by atoms with Crippen molar-refractivity contribution < 1.29 is 27.7 Å². The average Bonchev–Trinajstić information content (AvgIpc) is 2.59. The molecular formula is C16H11ClF3N3O4. The van der Waals surface area contributed by atoms with Gasteiger partial charge in [0.15, 0.2) is 0 Å². The van der Waals surface area contributed by atoms with E-state index in [1.165, 1.54) is 30.3 Å². The number of rotatable bonds is 5. The smallest absolute Gasteiger partial charge is 0.343 e. The predicted molar refractivity (Wildman–Crippen MR) is 90.9 cm³/mol. The number of carbonyl (C=O) groups excluding carboxylic acids is 2. The second-order valence-electron chi connectivity index (χ2n) is 5.25. The fourth-order valence-corrected chi connectivity index (χ4v) is 2.21. The molecule has 0 fully saturated rings. The van der Waals surface area contributed by atoms with Gasteiger partial charge in [0.25, 0.3) is 17.5 Å². The Hall–Kier alpha value is -3.14. The Kier molecular flexibility index (Phi) is 6.01. The lowest BCUT2D eigenvalue weighted by Crippen LogP contribution is -2.33. The Balaban J connectivity index is 2.11. The number of amides is 2. The van der Waals surface area contributed by atoms with E-state index >= 15 is 0 Å². The van der Waals surface area contributed by atoms with E-state index in [1.54, 1.807) is 5.32 Å². The molecule has 0 aliphatic heterocycles. The molecule has 2 aromatic rings. The van der Waals surface area contributed by atoms with Gasteiger partial charge in [-0.3, -0.25) is 19.7 Å². The third-order valence-corrected chi connectivity index (χ3v) is 3.49. The molecule has 2 rings (SSSR count). The van der Waals surface area contributed by atoms with E-state index in [0.29, 0.717) is 0 Å². The molecule has 0 bridgehead atoms. The van der Waals surface area contributed by atoms with Crippen molar-refractivity contribution in [2.24, 2.45) is 0 Å². The standard InChI is InChI=1S/C16H11ClF3N3O4/c17-10-3-6-13(23(26)27)12(7-10)15(25)22-11-4-1-9(2-5-11)14(24)21-8-16(18,19)20/h1-7H,8H2,(H,21,24)(H,22,25). The first-order chi connectivity index (χ1) is 12.6. The Morgan fingerprint density at radius 1 is 1.07 bits per heavy atom. The summed E-state index contributed by atoms with van der Waals surface area (Å²) in [5.41, 5.74) is -0.577. The lowest BCUT2D eigenvalue weighted by atomic mass is 10.1. The van der Waals surface area contributed by atoms with Crippen molar-refractivity contribution in [1.29, 1.82) is 0 Å². The first-order valence-corrected chi connectivity index (χ1v) is 7.65. The van der Waals surface area contributed by atoms with Crippen molar-refractivity contribution in [3.8, 4) is 0 Å². The highest BCUT2D eigenvalue weighted by Gasteiger charge is 2.28. The number of nitro benzene ring substituents is 1. The Morgan fingerprint density at radius 2 is 1.70 bits per heavy atom. The summed E-state index contributed by atoms with van der Waals surface area (Å²) < 4.78 is 36.3. The van der Waals surface area contributed by atoms with Gasteiger partial charge in [0, 0.05) is 22.3 Å². The summed E-state index contributed by atoms with van der Waals surface area (Å²) in [4.78, 5) is 34.1. The second-order valence-corrected chi connectivity index (χ2v) is 5.68. The molecule has 0 heterocycles. The molecule has 0 aliphatic rings. The number of nitro groups is 1. The van der Waals surface area contributed by atoms with Crippen molar-refractivity contribution in [2.75, 3.05) is 11.9 Å². The van der Waals surface area contributed by atoms with E-state index in [0.717, 1.165) is 12.1 Å². The second kappa shape index (κ2) is 8.04. The fourth-order valence-electron chi connectivity index (χ4n) is 2.04. The van der Waals surface area contributed by atoms with Crippen LogP contribution in [0.4, 0.5) is 24.5 Å². The summed E-state index contributed by atoms with van der Waals surface area (Å²) in [6.45, 7) is -1.47. The summed E-state index contributed by atoms with van der Waals surface area (Å²) in [6.07, 6.45) is -4.53. The molecule has 2 aromatic carbocycles. The number of nitrogens with one attached hydrogen (secondary N) is 2. The van der Waals surface area contributed by atoms with Gasteiger partial charge in [0.2, 0.25) is 0 Å². The van der Waals surface area contributed by atoms with Gasteiger partial charge < -0.3 is 10.6 Å². The molecule has 0 saturated heterocycles. The third-order valence-electron chi connectivity index (χ3n) is 3.25. The van der Waals surface area contributed by atoms with Crippen LogP contribution in [0.2, 0.25) is 5.02 Å². The molecule has 0 saturated carbocycles. The Morgan fingerprint density at radius 3 is 2.26 bits per heavy atom. The van der Waals surface area contributed by atoms with E-state index in [2.05, 4.69) is 5.32 Å². The van der Waals surface area contributed by atoms with Gasteiger partial charge >= 0.3 is 6.18 Å². The van der Waals surface area contributed by atoms with Gasteiger partial charge in [-0.15, -0.1) is 0 Å². The maximum absolute atomic E-state index is 12.2. The zero-order valence-electron chi connectivity index (χ0n) is 13.3. The molecule has 2 N–H and O–H groups in total. The van der Waals surface area contributed by atoms with E-state index in [9.17, 15) is 32.9 Å². The van der Waals surface area contributed by atoms with E-state index in [-0.39, 0.29) is 21.8 Å². The summed E-state index contributed by atoms with van der Waals surface area (Å²) in [5.74, 6) is -1.74. The van der Waals surface area contributed by atoms with E-state index < -0.39 is 35.1 Å². The zero-order valence-corrected chi connectivity index (χ0v) is 14.1. The van der Waals surface area contributed by atoms with Gasteiger partial charge in [-0.25, -0.2) is 0 Å². The predicted octanol–water partition coefficient (Wildman–Crippen LogP) is 3.79. The highest BCUT2D eigenvalue weighted by atomic mass is 35.5. The van der Waals surface area contributed by atoms with Crippen LogP contribution in [0.25, 0.3) is 0 Å². The maximum Gasteiger partial charge on any atom is 0.405 e. The molecule has 0 aromatic heterocycles. The number of hydrogen-bond donors (Lipinski definition) is 2. The van der Waals surface area contributed by atoms with Crippen LogP contribution in [0.3, 0.4) is 0 Å². The first-order valence-electron chi connectivity index (χ1n) is 7.27. The number of hydrogen-bond acceptors (Lipinski definition) is 4. The quantitative estimate of drug-likeness (QED) is 0.587. The maximum atomic E-state index is 12.2. The molecule has 0 radical (unpaired) electrons. The zero-order chi connectivity index (χ0) is 20.2. The summed E-state index contributed by atoms with van der Waals surface area (Å²) in [6, 6.07) is 8.44. The van der Waals surface area contributed by atoms with Crippen LogP contribution < -0.4 is 10.6 Å². The number of halogens is 4. The van der Waals surface area contributed by atoms with Crippen molar-refractivity contribution in [2.45, 2.75) is 6.18 Å². The van der Waals surface area contributed by atoms with Crippen LogP contribution in [0.15, 0.2) is 42.5 Å². The van der Waals surface area contributed by atoms with Gasteiger partial charge in [-0.2, -0.15) is 13.2 Å². The Labute approximate surface area is 155 Å². The SMILES string of the molecule is O=C(NCC(F)(F)F)c1ccc(NC(=O)c2cc(Cl)ccc2[N+](=O)[O-])cc1. The van der Waals surface area contributed by atoms with Gasteiger partial charge in [0.05, 0.1) is 4.92 Å². The fraction of sp³-hybridized carbons (Fsp3) is 0.125. The van der Waals surface area contributed by atoms with Crippen molar-refractivity contribution in [1.82, 2.24) is 5.32 Å². The molecule has 0 aliphatic carbocycles. The van der Waals surface area contributed by atoms with Crippen molar-refractivity contribution in [3.05, 3.63) is 68.7 Å². The normalized spacial score (nSPS) is 11.0. The minimum atomic E-state index is -4.53. The van der Waals surface area contributed by atoms with Gasteiger partial charge in [-0.1, -0.05) is 11.6 Å². The van der Waals surface area contributed by atoms with E-state index in [4.69, 9.17) is 11.6 Å². The third kappa shape index (κ3) is 5.68. The molecule has 0 unspecified atom stereocenters. The molecule has 0 spiro atoms. The van der Waals surface area contributed by atoms with Gasteiger partial charge in [0.1, 0.15) is 12.1 Å². The summed E-state index contributed by atoms with van der Waals surface area (Å²) in [7, 11) is 0. The lowest BCUT2D eigenvalue weighted by molar-refractivity contribution is -0.385. The van der Waals surface area contributed by atoms with E-state index in [1.807, 2.05) is 0 Å². The number of carbonyl (C=O) groups is 2. The number of anilines is 1. The monoisotopic (exact) mass is 401 g/mol. The highest BCUT2D eigenvalue weighted by Crippen LogP contribution is 2.24. The first kappa shape index (κ1) is 20.2. The summed E-state index contributed by atoms with van der Waals surface area (Å²) >= 11 is 5.76. The Bertz CT molecular complexity index is 885. The molecule has 0 atom stereocenters. The molecule has 7 nitrogen and oxygen atoms in total. The average molecular weight is 402 g/mol. The van der Waals surface area contributed by atoms with Crippen LogP contribution >= 0.6 is 11.6 Å². The largest absolute Gasteiger partial charge is 0.405 e. The number of alkyl halides is 3. The van der Waals surface area contributed by atoms with Crippen molar-refractivity contribution >= 4 is 34.8 Å². The highest BCUT2D eigenvalue weighted by molar-refractivity contribution is 6.31. The van der Waals surface area contributed by atoms with Crippen molar-refractivity contribution in [3.63, 3.8) is 0 Å². The molecule has 27 heavy (non-hydrogen) atoms. The molecular weight excluding hydrogens is 391 g/mol. The van der Waals surface area contributed by atoms with Gasteiger partial charge in [-0.05, 0) is 36.4 Å². The summed E-state index contributed by atoms with van der Waals surface area (Å²) in [5, 5.41) is 15.2. The van der Waals surface area contributed by atoms with Crippen LogP contribution in [-0.2, 0) is 0 Å².